The number of terminal acetylenes is 1. The van der Waals surface area contributed by atoms with Gasteiger partial charge < -0.3 is 0 Å². The quantitative estimate of drug-likeness (QED) is 0.471. The molecule has 0 aliphatic rings. The SMILES string of the molecule is C#CC(C)(CC)OS(C)(=O)=O. The van der Waals surface area contributed by atoms with Crippen LogP contribution in [-0.4, -0.2) is 20.3 Å². The first-order valence-corrected chi connectivity index (χ1v) is 5.03. The smallest absolute Gasteiger partial charge is 0.251 e. The Balaban J connectivity index is 4.49. The van der Waals surface area contributed by atoms with Gasteiger partial charge in [0.15, 0.2) is 0 Å². The summed E-state index contributed by atoms with van der Waals surface area (Å²) < 4.78 is 26.0. The van der Waals surface area contributed by atoms with Crippen LogP contribution in [0, 0.1) is 12.3 Å². The maximum Gasteiger partial charge on any atom is 0.265 e. The van der Waals surface area contributed by atoms with Gasteiger partial charge in [0.25, 0.3) is 10.1 Å². The molecule has 1 atom stereocenters. The zero-order valence-corrected chi connectivity index (χ0v) is 7.73. The predicted octanol–water partition coefficient (Wildman–Crippen LogP) is 0.765. The molecule has 0 heterocycles. The summed E-state index contributed by atoms with van der Waals surface area (Å²) in [5.41, 5.74) is -0.992. The molecule has 0 spiro atoms. The molecule has 11 heavy (non-hydrogen) atoms. The van der Waals surface area contributed by atoms with E-state index in [-0.39, 0.29) is 0 Å². The van der Waals surface area contributed by atoms with E-state index in [9.17, 15) is 8.42 Å². The summed E-state index contributed by atoms with van der Waals surface area (Å²) in [5, 5.41) is 0. The van der Waals surface area contributed by atoms with E-state index in [0.29, 0.717) is 6.42 Å². The molecule has 0 radical (unpaired) electrons. The number of hydrogen-bond donors (Lipinski definition) is 0. The minimum absolute atomic E-state index is 0.469. The second kappa shape index (κ2) is 3.24. The van der Waals surface area contributed by atoms with Gasteiger partial charge in [0.2, 0.25) is 0 Å². The van der Waals surface area contributed by atoms with E-state index >= 15 is 0 Å². The van der Waals surface area contributed by atoms with Gasteiger partial charge in [-0.15, -0.1) is 6.42 Å². The lowest BCUT2D eigenvalue weighted by atomic mass is 10.1. The first-order valence-electron chi connectivity index (χ1n) is 3.21. The standard InChI is InChI=1S/C7H12O3S/c1-5-7(3,6-2)10-11(4,8)9/h1H,6H2,2-4H3. The van der Waals surface area contributed by atoms with Gasteiger partial charge in [-0.2, -0.15) is 8.42 Å². The van der Waals surface area contributed by atoms with E-state index in [1.54, 1.807) is 13.8 Å². The van der Waals surface area contributed by atoms with Crippen molar-refractivity contribution in [2.24, 2.45) is 0 Å². The monoisotopic (exact) mass is 176 g/mol. The van der Waals surface area contributed by atoms with Gasteiger partial charge in [0.1, 0.15) is 5.60 Å². The fourth-order valence-electron chi connectivity index (χ4n) is 0.519. The Labute approximate surface area is 67.9 Å². The lowest BCUT2D eigenvalue weighted by Crippen LogP contribution is -2.28. The third-order valence-electron chi connectivity index (χ3n) is 1.32. The van der Waals surface area contributed by atoms with Crippen LogP contribution in [0.4, 0.5) is 0 Å². The number of rotatable bonds is 3. The highest BCUT2D eigenvalue weighted by atomic mass is 32.2. The van der Waals surface area contributed by atoms with Crippen LogP contribution in [-0.2, 0) is 14.3 Å². The van der Waals surface area contributed by atoms with E-state index in [0.717, 1.165) is 6.26 Å². The van der Waals surface area contributed by atoms with Crippen molar-refractivity contribution in [2.75, 3.05) is 6.26 Å². The molecule has 0 rings (SSSR count). The first-order chi connectivity index (χ1) is 4.83. The van der Waals surface area contributed by atoms with Gasteiger partial charge in [0.05, 0.1) is 6.26 Å². The largest absolute Gasteiger partial charge is 0.265 e. The molecule has 0 N–H and O–H groups in total. The van der Waals surface area contributed by atoms with Crippen LogP contribution in [0.1, 0.15) is 20.3 Å². The molecule has 0 fully saturated rings. The molecule has 64 valence electrons. The Bertz CT molecular complexity index is 260. The van der Waals surface area contributed by atoms with Crippen molar-refractivity contribution in [3.8, 4) is 12.3 Å². The van der Waals surface area contributed by atoms with E-state index in [1.165, 1.54) is 0 Å². The summed E-state index contributed by atoms with van der Waals surface area (Å²) in [6, 6.07) is 0. The summed E-state index contributed by atoms with van der Waals surface area (Å²) in [7, 11) is -3.45. The van der Waals surface area contributed by atoms with Crippen LogP contribution in [0.2, 0.25) is 0 Å². The average Bonchev–Trinajstić information content (AvgIpc) is 1.84. The maximum absolute atomic E-state index is 10.6. The normalized spacial score (nSPS) is 16.9. The number of hydrogen-bond acceptors (Lipinski definition) is 3. The molecular formula is C7H12O3S. The molecule has 1 unspecified atom stereocenters. The van der Waals surface area contributed by atoms with E-state index in [1.807, 2.05) is 0 Å². The summed E-state index contributed by atoms with van der Waals surface area (Å²) >= 11 is 0. The Kier molecular flexibility index (Phi) is 3.09. The Morgan fingerprint density at radius 1 is 1.64 bits per heavy atom. The van der Waals surface area contributed by atoms with Gasteiger partial charge in [-0.25, -0.2) is 0 Å². The minimum atomic E-state index is -3.45. The lowest BCUT2D eigenvalue weighted by molar-refractivity contribution is 0.157. The third-order valence-corrected chi connectivity index (χ3v) is 1.99. The van der Waals surface area contributed by atoms with Gasteiger partial charge in [-0.1, -0.05) is 12.8 Å². The van der Waals surface area contributed by atoms with Crippen LogP contribution in [0.25, 0.3) is 0 Å². The van der Waals surface area contributed by atoms with Crippen molar-refractivity contribution in [3.63, 3.8) is 0 Å². The fraction of sp³-hybridized carbons (Fsp3) is 0.714. The first kappa shape index (κ1) is 10.5. The summed E-state index contributed by atoms with van der Waals surface area (Å²) in [5.74, 6) is 2.28. The zero-order chi connectivity index (χ0) is 9.12. The van der Waals surface area contributed by atoms with Gasteiger partial charge >= 0.3 is 0 Å². The lowest BCUT2D eigenvalue weighted by Gasteiger charge is -2.19. The zero-order valence-electron chi connectivity index (χ0n) is 6.92. The van der Waals surface area contributed by atoms with Crippen molar-refractivity contribution in [1.82, 2.24) is 0 Å². The van der Waals surface area contributed by atoms with Crippen LogP contribution in [0.3, 0.4) is 0 Å². The van der Waals surface area contributed by atoms with E-state index in [2.05, 4.69) is 10.1 Å². The molecule has 0 saturated carbocycles. The molecule has 0 aromatic heterocycles. The molecule has 0 aromatic carbocycles. The second-order valence-electron chi connectivity index (χ2n) is 2.52. The van der Waals surface area contributed by atoms with Crippen LogP contribution < -0.4 is 0 Å². The third kappa shape index (κ3) is 4.02. The fourth-order valence-corrected chi connectivity index (χ4v) is 1.35. The molecule has 0 aromatic rings. The van der Waals surface area contributed by atoms with Crippen molar-refractivity contribution in [2.45, 2.75) is 25.9 Å². The van der Waals surface area contributed by atoms with Crippen molar-refractivity contribution < 1.29 is 12.6 Å². The molecule has 0 amide bonds. The molecular weight excluding hydrogens is 164 g/mol. The van der Waals surface area contributed by atoms with Gasteiger partial charge in [-0.3, -0.25) is 4.18 Å². The highest BCUT2D eigenvalue weighted by Gasteiger charge is 2.24. The highest BCUT2D eigenvalue weighted by Crippen LogP contribution is 2.15. The van der Waals surface area contributed by atoms with Crippen LogP contribution in [0.5, 0.6) is 0 Å². The summed E-state index contributed by atoms with van der Waals surface area (Å²) in [4.78, 5) is 0. The van der Waals surface area contributed by atoms with Crippen LogP contribution >= 0.6 is 0 Å². The second-order valence-corrected chi connectivity index (χ2v) is 4.09. The van der Waals surface area contributed by atoms with Gasteiger partial charge in [-0.05, 0) is 13.3 Å². The Morgan fingerprint density at radius 3 is 2.18 bits per heavy atom. The molecule has 0 aliphatic carbocycles. The molecule has 0 aliphatic heterocycles. The van der Waals surface area contributed by atoms with E-state index < -0.39 is 15.7 Å². The Morgan fingerprint density at radius 2 is 2.09 bits per heavy atom. The highest BCUT2D eigenvalue weighted by molar-refractivity contribution is 7.86. The average molecular weight is 176 g/mol. The summed E-state index contributed by atoms with van der Waals surface area (Å²) in [6.07, 6.45) is 6.54. The van der Waals surface area contributed by atoms with Crippen LogP contribution in [0.15, 0.2) is 0 Å². The maximum atomic E-state index is 10.6. The summed E-state index contributed by atoms with van der Waals surface area (Å²) in [6.45, 7) is 3.33. The molecule has 3 nitrogen and oxygen atoms in total. The molecule has 0 saturated heterocycles. The van der Waals surface area contributed by atoms with Gasteiger partial charge in [0, 0.05) is 0 Å². The molecule has 4 heteroatoms. The minimum Gasteiger partial charge on any atom is -0.251 e. The Hall–Kier alpha value is -0.530. The topological polar surface area (TPSA) is 43.4 Å². The van der Waals surface area contributed by atoms with Crippen molar-refractivity contribution in [3.05, 3.63) is 0 Å². The predicted molar refractivity (Wildman–Crippen MR) is 43.5 cm³/mol. The van der Waals surface area contributed by atoms with Crippen molar-refractivity contribution >= 4 is 10.1 Å². The molecule has 0 bridgehead atoms. The van der Waals surface area contributed by atoms with E-state index in [4.69, 9.17) is 6.42 Å². The van der Waals surface area contributed by atoms with Crippen molar-refractivity contribution in [1.29, 1.82) is 0 Å².